The molecule has 0 bridgehead atoms. The van der Waals surface area contributed by atoms with Crippen LogP contribution in [0.25, 0.3) is 0 Å². The van der Waals surface area contributed by atoms with E-state index in [0.29, 0.717) is 0 Å². The van der Waals surface area contributed by atoms with Gasteiger partial charge in [-0.1, -0.05) is 18.2 Å². The van der Waals surface area contributed by atoms with Gasteiger partial charge in [-0.15, -0.1) is 0 Å². The highest BCUT2D eigenvalue weighted by Gasteiger charge is 2.29. The van der Waals surface area contributed by atoms with Gasteiger partial charge in [0.15, 0.2) is 0 Å². The molecule has 1 aliphatic heterocycles. The Bertz CT molecular complexity index is 647. The van der Waals surface area contributed by atoms with Crippen LogP contribution in [0.1, 0.15) is 17.2 Å². The van der Waals surface area contributed by atoms with Gasteiger partial charge < -0.3 is 14.8 Å². The molecule has 0 saturated carbocycles. The molecule has 1 saturated heterocycles. The molecule has 0 radical (unpaired) electrons. The Morgan fingerprint density at radius 2 is 1.54 bits per heavy atom. The summed E-state index contributed by atoms with van der Waals surface area (Å²) in [5.74, 6) is 1.33. The van der Waals surface area contributed by atoms with E-state index in [1.54, 1.807) is 14.2 Å². The smallest absolute Gasteiger partial charge is 0.127 e. The van der Waals surface area contributed by atoms with Crippen molar-refractivity contribution < 1.29 is 13.9 Å². The van der Waals surface area contributed by atoms with Crippen LogP contribution >= 0.6 is 0 Å². The molecule has 0 amide bonds. The number of piperazine rings is 1. The van der Waals surface area contributed by atoms with Crippen molar-refractivity contribution in [3.05, 3.63) is 59.4 Å². The zero-order valence-electron chi connectivity index (χ0n) is 14.1. The molecule has 1 unspecified atom stereocenters. The summed E-state index contributed by atoms with van der Waals surface area (Å²) < 4.78 is 24.6. The Morgan fingerprint density at radius 1 is 0.958 bits per heavy atom. The number of ether oxygens (including phenoxy) is 2. The van der Waals surface area contributed by atoms with Crippen LogP contribution in [-0.2, 0) is 0 Å². The molecule has 1 N–H and O–H groups in total. The molecule has 0 aromatic heterocycles. The fourth-order valence-corrected chi connectivity index (χ4v) is 3.29. The summed E-state index contributed by atoms with van der Waals surface area (Å²) in [7, 11) is 3.33. The predicted octanol–water partition coefficient (Wildman–Crippen LogP) is 2.84. The molecule has 1 heterocycles. The molecule has 1 aliphatic rings. The molecule has 128 valence electrons. The first kappa shape index (κ1) is 16.7. The van der Waals surface area contributed by atoms with Crippen molar-refractivity contribution in [2.24, 2.45) is 0 Å². The minimum Gasteiger partial charge on any atom is -0.496 e. The summed E-state index contributed by atoms with van der Waals surface area (Å²) in [4.78, 5) is 2.38. The van der Waals surface area contributed by atoms with Gasteiger partial charge in [-0.05, 0) is 29.8 Å². The van der Waals surface area contributed by atoms with E-state index in [9.17, 15) is 4.39 Å². The predicted molar refractivity (Wildman–Crippen MR) is 92.2 cm³/mol. The number of nitrogens with zero attached hydrogens (tertiary/aromatic N) is 1. The highest BCUT2D eigenvalue weighted by atomic mass is 19.1. The van der Waals surface area contributed by atoms with Crippen molar-refractivity contribution in [3.63, 3.8) is 0 Å². The minimum absolute atomic E-state index is 0.0428. The number of benzene rings is 2. The largest absolute Gasteiger partial charge is 0.496 e. The van der Waals surface area contributed by atoms with Crippen molar-refractivity contribution in [2.45, 2.75) is 6.04 Å². The third-order valence-electron chi connectivity index (χ3n) is 4.44. The molecule has 2 aromatic carbocycles. The lowest BCUT2D eigenvalue weighted by Crippen LogP contribution is -2.45. The maximum absolute atomic E-state index is 13.4. The quantitative estimate of drug-likeness (QED) is 0.914. The fourth-order valence-electron chi connectivity index (χ4n) is 3.29. The average molecular weight is 330 g/mol. The molecule has 0 spiro atoms. The lowest BCUT2D eigenvalue weighted by Gasteiger charge is -2.36. The summed E-state index contributed by atoms with van der Waals surface area (Å²) >= 11 is 0. The summed E-state index contributed by atoms with van der Waals surface area (Å²) in [5, 5.41) is 3.37. The second-order valence-corrected chi connectivity index (χ2v) is 5.82. The van der Waals surface area contributed by atoms with Crippen LogP contribution in [0.15, 0.2) is 42.5 Å². The van der Waals surface area contributed by atoms with Crippen LogP contribution < -0.4 is 14.8 Å². The Hall–Kier alpha value is -2.11. The van der Waals surface area contributed by atoms with Gasteiger partial charge >= 0.3 is 0 Å². The zero-order chi connectivity index (χ0) is 16.9. The number of nitrogens with one attached hydrogen (secondary N) is 1. The normalized spacial score (nSPS) is 16.6. The van der Waals surface area contributed by atoms with E-state index in [1.807, 2.05) is 30.3 Å². The average Bonchev–Trinajstić information content (AvgIpc) is 2.64. The summed E-state index contributed by atoms with van der Waals surface area (Å²) in [6.07, 6.45) is 0. The van der Waals surface area contributed by atoms with Crippen molar-refractivity contribution in [1.29, 1.82) is 0 Å². The number of rotatable bonds is 5. The molecule has 0 aliphatic carbocycles. The van der Waals surface area contributed by atoms with Gasteiger partial charge in [0.1, 0.15) is 17.3 Å². The van der Waals surface area contributed by atoms with Gasteiger partial charge in [-0.2, -0.15) is 0 Å². The third-order valence-corrected chi connectivity index (χ3v) is 4.44. The first-order valence-electron chi connectivity index (χ1n) is 8.15. The molecule has 4 nitrogen and oxygen atoms in total. The monoisotopic (exact) mass is 330 g/mol. The van der Waals surface area contributed by atoms with Gasteiger partial charge in [0, 0.05) is 26.2 Å². The molecular weight excluding hydrogens is 307 g/mol. The second kappa shape index (κ2) is 7.64. The standard InChI is InChI=1S/C19H23FN2O2/c1-23-16-4-3-5-17(24-2)18(16)19(22-12-10-21-11-13-22)14-6-8-15(20)9-7-14/h3-9,19,21H,10-13H2,1-2H3. The van der Waals surface area contributed by atoms with Crippen LogP contribution in [0, 0.1) is 5.82 Å². The minimum atomic E-state index is -0.232. The van der Waals surface area contributed by atoms with Crippen LogP contribution in [0.4, 0.5) is 4.39 Å². The van der Waals surface area contributed by atoms with E-state index in [-0.39, 0.29) is 11.9 Å². The van der Waals surface area contributed by atoms with Gasteiger partial charge in [-0.3, -0.25) is 4.90 Å². The van der Waals surface area contributed by atoms with Gasteiger partial charge in [0.05, 0.1) is 25.8 Å². The SMILES string of the molecule is COc1cccc(OC)c1C(c1ccc(F)cc1)N1CCNCC1. The van der Waals surface area contributed by atoms with Crippen molar-refractivity contribution in [2.75, 3.05) is 40.4 Å². The first-order valence-corrected chi connectivity index (χ1v) is 8.15. The van der Waals surface area contributed by atoms with Gasteiger partial charge in [0.25, 0.3) is 0 Å². The molecule has 5 heteroatoms. The topological polar surface area (TPSA) is 33.7 Å². The second-order valence-electron chi connectivity index (χ2n) is 5.82. The summed E-state index contributed by atoms with van der Waals surface area (Å²) in [6.45, 7) is 3.66. The lowest BCUT2D eigenvalue weighted by atomic mass is 9.94. The Morgan fingerprint density at radius 3 is 2.08 bits per heavy atom. The van der Waals surface area contributed by atoms with Gasteiger partial charge in [0.2, 0.25) is 0 Å². The Balaban J connectivity index is 2.12. The van der Waals surface area contributed by atoms with E-state index < -0.39 is 0 Å². The van der Waals surface area contributed by atoms with E-state index in [1.165, 1.54) is 12.1 Å². The van der Waals surface area contributed by atoms with Crippen molar-refractivity contribution >= 4 is 0 Å². The highest BCUT2D eigenvalue weighted by molar-refractivity contribution is 5.50. The van der Waals surface area contributed by atoms with Crippen molar-refractivity contribution in [3.8, 4) is 11.5 Å². The third kappa shape index (κ3) is 3.37. The summed E-state index contributed by atoms with van der Waals surface area (Å²) in [6, 6.07) is 12.5. The molecule has 3 rings (SSSR count). The molecule has 24 heavy (non-hydrogen) atoms. The van der Waals surface area contributed by atoms with E-state index in [2.05, 4.69) is 10.2 Å². The maximum atomic E-state index is 13.4. The lowest BCUT2D eigenvalue weighted by molar-refractivity contribution is 0.192. The maximum Gasteiger partial charge on any atom is 0.127 e. The van der Waals surface area contributed by atoms with Crippen molar-refractivity contribution in [1.82, 2.24) is 10.2 Å². The highest BCUT2D eigenvalue weighted by Crippen LogP contribution is 2.40. The summed E-state index contributed by atoms with van der Waals surface area (Å²) in [5.41, 5.74) is 2.01. The first-order chi connectivity index (χ1) is 11.7. The van der Waals surface area contributed by atoms with Crippen LogP contribution in [0.3, 0.4) is 0 Å². The van der Waals surface area contributed by atoms with Gasteiger partial charge in [-0.25, -0.2) is 4.39 Å². The number of hydrogen-bond acceptors (Lipinski definition) is 4. The number of methoxy groups -OCH3 is 2. The Labute approximate surface area is 142 Å². The number of halogens is 1. The number of hydrogen-bond donors (Lipinski definition) is 1. The van der Waals surface area contributed by atoms with E-state index in [4.69, 9.17) is 9.47 Å². The van der Waals surface area contributed by atoms with E-state index in [0.717, 1.165) is 48.8 Å². The molecule has 1 fully saturated rings. The molecule has 2 aromatic rings. The molecular formula is C19H23FN2O2. The molecule has 1 atom stereocenters. The van der Waals surface area contributed by atoms with Crippen LogP contribution in [0.5, 0.6) is 11.5 Å². The zero-order valence-corrected chi connectivity index (χ0v) is 14.1. The van der Waals surface area contributed by atoms with Crippen LogP contribution in [-0.4, -0.2) is 45.3 Å². The Kier molecular flexibility index (Phi) is 5.33. The van der Waals surface area contributed by atoms with E-state index >= 15 is 0 Å². The fraction of sp³-hybridized carbons (Fsp3) is 0.368. The van der Waals surface area contributed by atoms with Crippen LogP contribution in [0.2, 0.25) is 0 Å².